The van der Waals surface area contributed by atoms with Crippen LogP contribution >= 0.6 is 0 Å². The van der Waals surface area contributed by atoms with Gasteiger partial charge in [0.1, 0.15) is 11.8 Å². The number of rotatable bonds is 4. The van der Waals surface area contributed by atoms with Crippen LogP contribution in [0.3, 0.4) is 0 Å². The molecule has 1 aromatic carbocycles. The van der Waals surface area contributed by atoms with Crippen molar-refractivity contribution in [2.75, 3.05) is 5.43 Å². The normalized spacial score (nSPS) is 11.5. The summed E-state index contributed by atoms with van der Waals surface area (Å²) >= 11 is 0. The highest BCUT2D eigenvalue weighted by Crippen LogP contribution is 2.14. The SMILES string of the molecule is Cc1ccc(C)n1NC(=O)c1ccc(O[C@@H](C)C#N)cc1. The van der Waals surface area contributed by atoms with Crippen LogP contribution in [0.15, 0.2) is 36.4 Å². The summed E-state index contributed by atoms with van der Waals surface area (Å²) in [5.74, 6) is 0.367. The van der Waals surface area contributed by atoms with Gasteiger partial charge in [-0.3, -0.25) is 14.9 Å². The summed E-state index contributed by atoms with van der Waals surface area (Å²) in [7, 11) is 0. The van der Waals surface area contributed by atoms with Crippen LogP contribution in [-0.2, 0) is 0 Å². The molecule has 108 valence electrons. The molecule has 5 heteroatoms. The molecule has 0 unspecified atom stereocenters. The summed E-state index contributed by atoms with van der Waals surface area (Å²) in [5.41, 5.74) is 5.28. The number of carbonyl (C=O) groups excluding carboxylic acids is 1. The summed E-state index contributed by atoms with van der Waals surface area (Å²) in [6.07, 6.45) is -0.519. The molecule has 1 aromatic heterocycles. The maximum Gasteiger partial charge on any atom is 0.270 e. The van der Waals surface area contributed by atoms with Crippen molar-refractivity contribution in [3.8, 4) is 11.8 Å². The van der Waals surface area contributed by atoms with Crippen molar-refractivity contribution in [1.29, 1.82) is 5.26 Å². The van der Waals surface area contributed by atoms with E-state index >= 15 is 0 Å². The predicted octanol–water partition coefficient (Wildman–Crippen LogP) is 2.78. The maximum absolute atomic E-state index is 12.2. The van der Waals surface area contributed by atoms with Gasteiger partial charge in [0.15, 0.2) is 6.10 Å². The van der Waals surface area contributed by atoms with E-state index in [2.05, 4.69) is 5.43 Å². The van der Waals surface area contributed by atoms with Gasteiger partial charge < -0.3 is 4.74 Å². The van der Waals surface area contributed by atoms with Crippen molar-refractivity contribution < 1.29 is 9.53 Å². The van der Waals surface area contributed by atoms with E-state index in [0.29, 0.717) is 11.3 Å². The molecule has 1 N–H and O–H groups in total. The van der Waals surface area contributed by atoms with Crippen LogP contribution in [0, 0.1) is 25.2 Å². The minimum Gasteiger partial charge on any atom is -0.476 e. The van der Waals surface area contributed by atoms with E-state index in [9.17, 15) is 4.79 Å². The first-order valence-corrected chi connectivity index (χ1v) is 6.64. The Hall–Kier alpha value is -2.74. The molecule has 21 heavy (non-hydrogen) atoms. The van der Waals surface area contributed by atoms with Crippen molar-refractivity contribution in [3.05, 3.63) is 53.3 Å². The fourth-order valence-electron chi connectivity index (χ4n) is 1.93. The van der Waals surface area contributed by atoms with Crippen LogP contribution in [0.1, 0.15) is 28.7 Å². The Kier molecular flexibility index (Phi) is 4.29. The first-order chi connectivity index (χ1) is 10.0. The molecule has 0 saturated heterocycles. The van der Waals surface area contributed by atoms with E-state index in [1.807, 2.05) is 32.0 Å². The Bertz CT molecular complexity index is 661. The lowest BCUT2D eigenvalue weighted by atomic mass is 10.2. The molecule has 5 nitrogen and oxygen atoms in total. The lowest BCUT2D eigenvalue weighted by Gasteiger charge is -2.12. The highest BCUT2D eigenvalue weighted by molar-refractivity contribution is 6.00. The molecule has 0 fully saturated rings. The van der Waals surface area contributed by atoms with E-state index in [1.54, 1.807) is 35.9 Å². The fourth-order valence-corrected chi connectivity index (χ4v) is 1.93. The van der Waals surface area contributed by atoms with E-state index in [0.717, 1.165) is 11.4 Å². The van der Waals surface area contributed by atoms with Crippen molar-refractivity contribution in [2.24, 2.45) is 0 Å². The highest BCUT2D eigenvalue weighted by Gasteiger charge is 2.09. The van der Waals surface area contributed by atoms with Crippen LogP contribution in [0.25, 0.3) is 0 Å². The third-order valence-corrected chi connectivity index (χ3v) is 3.10. The second kappa shape index (κ2) is 6.14. The second-order valence-corrected chi connectivity index (χ2v) is 4.81. The van der Waals surface area contributed by atoms with E-state index in [-0.39, 0.29) is 5.91 Å². The Balaban J connectivity index is 2.09. The van der Waals surface area contributed by atoms with Crippen LogP contribution in [0.5, 0.6) is 5.75 Å². The smallest absolute Gasteiger partial charge is 0.270 e. The summed E-state index contributed by atoms with van der Waals surface area (Å²) in [6.45, 7) is 5.51. The Morgan fingerprint density at radius 1 is 1.19 bits per heavy atom. The molecule has 0 aliphatic carbocycles. The summed E-state index contributed by atoms with van der Waals surface area (Å²) in [6, 6.07) is 12.6. The number of hydrogen-bond acceptors (Lipinski definition) is 3. The van der Waals surface area contributed by atoms with Gasteiger partial charge in [0, 0.05) is 17.0 Å². The van der Waals surface area contributed by atoms with Gasteiger partial charge in [-0.2, -0.15) is 5.26 Å². The molecule has 1 atom stereocenters. The molecule has 0 radical (unpaired) electrons. The predicted molar refractivity (Wildman–Crippen MR) is 79.7 cm³/mol. The molecule has 0 saturated carbocycles. The molecule has 2 aromatic rings. The Labute approximate surface area is 123 Å². The first kappa shape index (κ1) is 14.7. The van der Waals surface area contributed by atoms with Crippen molar-refractivity contribution in [2.45, 2.75) is 26.9 Å². The van der Waals surface area contributed by atoms with E-state index < -0.39 is 6.10 Å². The van der Waals surface area contributed by atoms with Crippen molar-refractivity contribution in [1.82, 2.24) is 4.68 Å². The average molecular weight is 283 g/mol. The number of aryl methyl sites for hydroxylation is 2. The topological polar surface area (TPSA) is 67.1 Å². The van der Waals surface area contributed by atoms with Gasteiger partial charge in [0.05, 0.1) is 0 Å². The van der Waals surface area contributed by atoms with Crippen molar-refractivity contribution >= 4 is 5.91 Å². The third kappa shape index (κ3) is 3.42. The zero-order valence-electron chi connectivity index (χ0n) is 12.3. The number of amides is 1. The monoisotopic (exact) mass is 283 g/mol. The summed E-state index contributed by atoms with van der Waals surface area (Å²) in [5, 5.41) is 8.69. The van der Waals surface area contributed by atoms with Crippen LogP contribution in [-0.4, -0.2) is 16.7 Å². The van der Waals surface area contributed by atoms with Gasteiger partial charge >= 0.3 is 0 Å². The molecule has 0 bridgehead atoms. The number of hydrogen-bond donors (Lipinski definition) is 1. The number of benzene rings is 1. The Morgan fingerprint density at radius 3 is 2.29 bits per heavy atom. The minimum atomic E-state index is -0.519. The van der Waals surface area contributed by atoms with Crippen LogP contribution in [0.2, 0.25) is 0 Å². The fraction of sp³-hybridized carbons (Fsp3) is 0.250. The van der Waals surface area contributed by atoms with Gasteiger partial charge in [0.2, 0.25) is 0 Å². The molecule has 1 heterocycles. The minimum absolute atomic E-state index is 0.197. The van der Waals surface area contributed by atoms with Gasteiger partial charge in [0.25, 0.3) is 5.91 Å². The van der Waals surface area contributed by atoms with Crippen molar-refractivity contribution in [3.63, 3.8) is 0 Å². The van der Waals surface area contributed by atoms with Gasteiger partial charge in [-0.15, -0.1) is 0 Å². The summed E-state index contributed by atoms with van der Waals surface area (Å²) < 4.78 is 7.08. The third-order valence-electron chi connectivity index (χ3n) is 3.10. The van der Waals surface area contributed by atoms with E-state index in [4.69, 9.17) is 10.00 Å². The quantitative estimate of drug-likeness (QED) is 0.938. The molecule has 2 rings (SSSR count). The van der Waals surface area contributed by atoms with Gasteiger partial charge in [-0.05, 0) is 57.2 Å². The molecule has 1 amide bonds. The molecule has 0 aliphatic rings. The lowest BCUT2D eigenvalue weighted by Crippen LogP contribution is -2.24. The summed E-state index contributed by atoms with van der Waals surface area (Å²) in [4.78, 5) is 12.2. The largest absolute Gasteiger partial charge is 0.476 e. The maximum atomic E-state index is 12.2. The number of nitriles is 1. The lowest BCUT2D eigenvalue weighted by molar-refractivity contribution is 0.101. The Morgan fingerprint density at radius 2 is 1.76 bits per heavy atom. The zero-order valence-corrected chi connectivity index (χ0v) is 12.3. The van der Waals surface area contributed by atoms with Crippen LogP contribution < -0.4 is 10.2 Å². The van der Waals surface area contributed by atoms with Crippen LogP contribution in [0.4, 0.5) is 0 Å². The first-order valence-electron chi connectivity index (χ1n) is 6.64. The molecule has 0 aliphatic heterocycles. The van der Waals surface area contributed by atoms with E-state index in [1.165, 1.54) is 0 Å². The zero-order chi connectivity index (χ0) is 15.4. The standard InChI is InChI=1S/C16H17N3O2/c1-11-4-5-12(2)19(11)18-16(20)14-6-8-15(9-7-14)21-13(3)10-17/h4-9,13H,1-3H3,(H,18,20)/t13-/m0/s1. The van der Waals surface area contributed by atoms with Gasteiger partial charge in [-0.1, -0.05) is 0 Å². The molecular formula is C16H17N3O2. The number of nitrogens with one attached hydrogen (secondary N) is 1. The number of nitrogens with zero attached hydrogens (tertiary/aromatic N) is 2. The molecule has 0 spiro atoms. The molecular weight excluding hydrogens is 266 g/mol. The average Bonchev–Trinajstić information content (AvgIpc) is 2.79. The highest BCUT2D eigenvalue weighted by atomic mass is 16.5. The number of aromatic nitrogens is 1. The second-order valence-electron chi connectivity index (χ2n) is 4.81. The van der Waals surface area contributed by atoms with Gasteiger partial charge in [-0.25, -0.2) is 0 Å². The number of ether oxygens (including phenoxy) is 1. The number of carbonyl (C=O) groups is 1.